The van der Waals surface area contributed by atoms with Crippen LogP contribution in [0.1, 0.15) is 33.1 Å². The number of hydrogen-bond acceptors (Lipinski definition) is 5. The van der Waals surface area contributed by atoms with E-state index in [1.807, 2.05) is 11.8 Å². The van der Waals surface area contributed by atoms with E-state index < -0.39 is 10.0 Å². The predicted octanol–water partition coefficient (Wildman–Crippen LogP) is 4.63. The molecule has 0 saturated carbocycles. The number of anilines is 2. The second-order valence-corrected chi connectivity index (χ2v) is 9.76. The molecule has 1 atom stereocenters. The molecular formula is C20H25FN2O3S2. The van der Waals surface area contributed by atoms with Crippen LogP contribution in [0.4, 0.5) is 15.8 Å². The Balaban J connectivity index is 2.17. The van der Waals surface area contributed by atoms with Gasteiger partial charge in [0.1, 0.15) is 16.5 Å². The van der Waals surface area contributed by atoms with E-state index in [2.05, 4.69) is 11.6 Å². The maximum absolute atomic E-state index is 13.5. The lowest BCUT2D eigenvalue weighted by Gasteiger charge is -2.27. The molecular weight excluding hydrogens is 399 g/mol. The first-order valence-electron chi connectivity index (χ1n) is 9.41. The Morgan fingerprint density at radius 2 is 1.96 bits per heavy atom. The van der Waals surface area contributed by atoms with Crippen LogP contribution in [0.5, 0.6) is 5.75 Å². The van der Waals surface area contributed by atoms with Gasteiger partial charge in [0.15, 0.2) is 0 Å². The number of rotatable bonds is 6. The number of unbranched alkanes of at least 4 members (excludes halogenated alkanes) is 1. The van der Waals surface area contributed by atoms with Gasteiger partial charge in [-0.25, -0.2) is 17.5 Å². The lowest BCUT2D eigenvalue weighted by molar-refractivity contribution is 0.460. The maximum atomic E-state index is 13.5. The highest BCUT2D eigenvalue weighted by molar-refractivity contribution is 7.99. The van der Waals surface area contributed by atoms with E-state index in [-0.39, 0.29) is 22.5 Å². The molecule has 3 rings (SSSR count). The molecule has 1 aliphatic heterocycles. The number of fused-ring (bicyclic) bond motifs is 1. The first-order valence-corrected chi connectivity index (χ1v) is 11.9. The number of benzene rings is 2. The van der Waals surface area contributed by atoms with Gasteiger partial charge >= 0.3 is 0 Å². The van der Waals surface area contributed by atoms with E-state index in [9.17, 15) is 17.9 Å². The number of halogens is 1. The molecule has 0 spiro atoms. The zero-order valence-electron chi connectivity index (χ0n) is 16.0. The van der Waals surface area contributed by atoms with Gasteiger partial charge in [0.25, 0.3) is 0 Å². The molecule has 1 unspecified atom stereocenters. The summed E-state index contributed by atoms with van der Waals surface area (Å²) < 4.78 is 42.2. The second-order valence-electron chi connectivity index (χ2n) is 6.77. The smallest absolute Gasteiger partial charge is 0.243 e. The standard InChI is InChI=1S/C20H25FN2O3S2/c1-3-5-6-15-13-23(16-9-7-14(21)8-10-16)17-11-19(27-4-2)18(24)12-20(17)28(25,26)22-15/h7-12,15,22,24H,3-6,13H2,1-2H3. The molecule has 2 aromatic rings. The highest BCUT2D eigenvalue weighted by atomic mass is 32.2. The molecule has 28 heavy (non-hydrogen) atoms. The number of nitrogens with zero attached hydrogens (tertiary/aromatic N) is 1. The number of hydrogen-bond donors (Lipinski definition) is 2. The number of phenols is 1. The molecule has 0 amide bonds. The fourth-order valence-electron chi connectivity index (χ4n) is 3.34. The van der Waals surface area contributed by atoms with E-state index in [4.69, 9.17) is 0 Å². The number of phenolic OH excluding ortho intramolecular Hbond substituents is 1. The van der Waals surface area contributed by atoms with Crippen LogP contribution in [-0.4, -0.2) is 31.9 Å². The molecule has 0 bridgehead atoms. The second kappa shape index (κ2) is 8.71. The summed E-state index contributed by atoms with van der Waals surface area (Å²) in [6, 6.07) is 8.77. The average Bonchev–Trinajstić information content (AvgIpc) is 2.76. The zero-order valence-corrected chi connectivity index (χ0v) is 17.6. The van der Waals surface area contributed by atoms with Crippen molar-refractivity contribution < 1.29 is 17.9 Å². The number of nitrogens with one attached hydrogen (secondary N) is 1. The molecule has 0 aliphatic carbocycles. The van der Waals surface area contributed by atoms with Crippen molar-refractivity contribution in [3.05, 3.63) is 42.2 Å². The lowest BCUT2D eigenvalue weighted by atomic mass is 10.1. The highest BCUT2D eigenvalue weighted by Gasteiger charge is 2.32. The van der Waals surface area contributed by atoms with Crippen molar-refractivity contribution in [2.75, 3.05) is 17.2 Å². The Kier molecular flexibility index (Phi) is 6.52. The Hall–Kier alpha value is -1.77. The van der Waals surface area contributed by atoms with E-state index in [1.165, 1.54) is 30.0 Å². The first-order chi connectivity index (χ1) is 13.4. The van der Waals surface area contributed by atoms with Crippen LogP contribution >= 0.6 is 11.8 Å². The Morgan fingerprint density at radius 1 is 1.25 bits per heavy atom. The van der Waals surface area contributed by atoms with Crippen LogP contribution in [0.2, 0.25) is 0 Å². The van der Waals surface area contributed by atoms with Crippen LogP contribution in [0.15, 0.2) is 46.2 Å². The van der Waals surface area contributed by atoms with Gasteiger partial charge < -0.3 is 10.0 Å². The normalized spacial score (nSPS) is 18.5. The van der Waals surface area contributed by atoms with Crippen LogP contribution in [-0.2, 0) is 10.0 Å². The molecule has 2 N–H and O–H groups in total. The van der Waals surface area contributed by atoms with E-state index in [1.54, 1.807) is 18.2 Å². The van der Waals surface area contributed by atoms with Crippen molar-refractivity contribution in [2.45, 2.75) is 48.9 Å². The maximum Gasteiger partial charge on any atom is 0.243 e. The Morgan fingerprint density at radius 3 is 2.61 bits per heavy atom. The summed E-state index contributed by atoms with van der Waals surface area (Å²) in [6.45, 7) is 4.45. The fraction of sp³-hybridized carbons (Fsp3) is 0.400. The number of thioether (sulfide) groups is 1. The van der Waals surface area contributed by atoms with Crippen molar-refractivity contribution in [2.24, 2.45) is 0 Å². The van der Waals surface area contributed by atoms with Gasteiger partial charge in [0.05, 0.1) is 10.6 Å². The molecule has 0 aromatic heterocycles. The van der Waals surface area contributed by atoms with E-state index in [0.29, 0.717) is 29.2 Å². The summed E-state index contributed by atoms with van der Waals surface area (Å²) >= 11 is 1.44. The zero-order chi connectivity index (χ0) is 20.3. The van der Waals surface area contributed by atoms with Gasteiger partial charge in [0, 0.05) is 24.3 Å². The van der Waals surface area contributed by atoms with Crippen LogP contribution < -0.4 is 9.62 Å². The molecule has 0 saturated heterocycles. The van der Waals surface area contributed by atoms with Crippen molar-refractivity contribution in [1.29, 1.82) is 0 Å². The van der Waals surface area contributed by atoms with Crippen LogP contribution in [0.3, 0.4) is 0 Å². The lowest BCUT2D eigenvalue weighted by Crippen LogP contribution is -2.39. The van der Waals surface area contributed by atoms with E-state index in [0.717, 1.165) is 18.6 Å². The van der Waals surface area contributed by atoms with Crippen molar-refractivity contribution in [1.82, 2.24) is 4.72 Å². The number of aromatic hydroxyl groups is 1. The van der Waals surface area contributed by atoms with Crippen molar-refractivity contribution in [3.63, 3.8) is 0 Å². The average molecular weight is 425 g/mol. The van der Waals surface area contributed by atoms with Gasteiger partial charge in [0.2, 0.25) is 10.0 Å². The van der Waals surface area contributed by atoms with Gasteiger partial charge in [-0.15, -0.1) is 11.8 Å². The quantitative estimate of drug-likeness (QED) is 0.662. The minimum atomic E-state index is -3.80. The minimum absolute atomic E-state index is 0.0359. The van der Waals surface area contributed by atoms with Gasteiger partial charge in [-0.1, -0.05) is 26.7 Å². The van der Waals surface area contributed by atoms with E-state index >= 15 is 0 Å². The summed E-state index contributed by atoms with van der Waals surface area (Å²) in [5, 5.41) is 10.3. The largest absolute Gasteiger partial charge is 0.507 e. The highest BCUT2D eigenvalue weighted by Crippen LogP contribution is 2.41. The third-order valence-electron chi connectivity index (χ3n) is 4.69. The summed E-state index contributed by atoms with van der Waals surface area (Å²) in [4.78, 5) is 2.55. The third kappa shape index (κ3) is 4.45. The molecule has 2 aromatic carbocycles. The molecule has 152 valence electrons. The molecule has 8 heteroatoms. The summed E-state index contributed by atoms with van der Waals surface area (Å²) in [5.41, 5.74) is 1.20. The number of sulfonamides is 1. The third-order valence-corrected chi connectivity index (χ3v) is 7.17. The first kappa shape index (κ1) is 21.0. The molecule has 0 radical (unpaired) electrons. The van der Waals surface area contributed by atoms with Gasteiger partial charge in [-0.2, -0.15) is 0 Å². The molecule has 5 nitrogen and oxygen atoms in total. The van der Waals surface area contributed by atoms with Crippen LogP contribution in [0.25, 0.3) is 0 Å². The predicted molar refractivity (Wildman–Crippen MR) is 112 cm³/mol. The molecule has 0 fully saturated rings. The van der Waals surface area contributed by atoms with Crippen molar-refractivity contribution in [3.8, 4) is 5.75 Å². The minimum Gasteiger partial charge on any atom is -0.507 e. The SMILES string of the molecule is CCCCC1CN(c2ccc(F)cc2)c2cc(SCC)c(O)cc2S(=O)(=O)N1. The Bertz CT molecular complexity index is 933. The van der Waals surface area contributed by atoms with Gasteiger partial charge in [-0.3, -0.25) is 0 Å². The molecule has 1 aliphatic rings. The summed E-state index contributed by atoms with van der Waals surface area (Å²) in [6.07, 6.45) is 2.55. The monoisotopic (exact) mass is 424 g/mol. The van der Waals surface area contributed by atoms with Crippen LogP contribution in [0, 0.1) is 5.82 Å². The summed E-state index contributed by atoms with van der Waals surface area (Å²) in [7, 11) is -3.80. The molecule has 1 heterocycles. The Labute approximate surface area is 170 Å². The van der Waals surface area contributed by atoms with Crippen molar-refractivity contribution >= 4 is 33.2 Å². The topological polar surface area (TPSA) is 69.6 Å². The fourth-order valence-corrected chi connectivity index (χ4v) is 5.52. The summed E-state index contributed by atoms with van der Waals surface area (Å²) in [5.74, 6) is 0.342. The van der Waals surface area contributed by atoms with Gasteiger partial charge in [-0.05, 0) is 42.5 Å².